The van der Waals surface area contributed by atoms with Crippen LogP contribution in [0.25, 0.3) is 0 Å². The molecule has 0 aliphatic heterocycles. The lowest BCUT2D eigenvalue weighted by atomic mass is 9.85. The Labute approximate surface area is 167 Å². The van der Waals surface area contributed by atoms with Gasteiger partial charge in [-0.25, -0.2) is 0 Å². The summed E-state index contributed by atoms with van der Waals surface area (Å²) in [6.45, 7) is 1.44. The molecule has 0 saturated heterocycles. The van der Waals surface area contributed by atoms with Crippen LogP contribution < -0.4 is 5.32 Å². The molecule has 3 aromatic rings. The van der Waals surface area contributed by atoms with E-state index < -0.39 is 0 Å². The maximum atomic E-state index is 13.2. The Kier molecular flexibility index (Phi) is 6.20. The van der Waals surface area contributed by atoms with Crippen LogP contribution in [-0.2, 0) is 4.79 Å². The molecule has 0 unspecified atom stereocenters. The molecule has 27 heavy (non-hydrogen) atoms. The number of nitrogens with one attached hydrogen (secondary N) is 1. The Hall–Kier alpha value is -2.72. The minimum Gasteiger partial charge on any atom is -0.326 e. The first kappa shape index (κ1) is 19.1. The fraction of sp³-hybridized carbons (Fsp3) is 0.130. The molecule has 3 rings (SSSR count). The molecule has 136 valence electrons. The molecule has 0 atom stereocenters. The van der Waals surface area contributed by atoms with Gasteiger partial charge in [0.15, 0.2) is 5.78 Å². The van der Waals surface area contributed by atoms with E-state index >= 15 is 0 Å². The van der Waals surface area contributed by atoms with Crippen molar-refractivity contribution in [2.45, 2.75) is 19.3 Å². The van der Waals surface area contributed by atoms with Crippen LogP contribution in [0.3, 0.4) is 0 Å². The number of rotatable bonds is 6. The number of carbonyl (C=O) groups is 2. The van der Waals surface area contributed by atoms with Crippen molar-refractivity contribution in [1.29, 1.82) is 0 Å². The van der Waals surface area contributed by atoms with E-state index in [0.29, 0.717) is 17.7 Å². The van der Waals surface area contributed by atoms with Crippen molar-refractivity contribution in [3.8, 4) is 0 Å². The van der Waals surface area contributed by atoms with Crippen molar-refractivity contribution in [3.63, 3.8) is 0 Å². The van der Waals surface area contributed by atoms with E-state index in [1.807, 2.05) is 66.7 Å². The van der Waals surface area contributed by atoms with Crippen molar-refractivity contribution >= 4 is 33.3 Å². The number of ketones is 1. The molecular weight excluding hydrogens is 402 g/mol. The van der Waals surface area contributed by atoms with Gasteiger partial charge in [-0.05, 0) is 29.3 Å². The van der Waals surface area contributed by atoms with Gasteiger partial charge in [0.05, 0.1) is 5.69 Å². The minimum absolute atomic E-state index is 0.0160. The lowest BCUT2D eigenvalue weighted by Crippen LogP contribution is -2.14. The van der Waals surface area contributed by atoms with Gasteiger partial charge in [0, 0.05) is 29.3 Å². The second-order valence-corrected chi connectivity index (χ2v) is 7.29. The molecule has 0 aromatic heterocycles. The number of halogens is 1. The Morgan fingerprint density at radius 3 is 1.96 bits per heavy atom. The molecule has 3 aromatic carbocycles. The lowest BCUT2D eigenvalue weighted by molar-refractivity contribution is -0.114. The van der Waals surface area contributed by atoms with Crippen LogP contribution in [0.1, 0.15) is 40.7 Å². The van der Waals surface area contributed by atoms with Gasteiger partial charge in [-0.3, -0.25) is 9.59 Å². The fourth-order valence-electron chi connectivity index (χ4n) is 3.14. The summed E-state index contributed by atoms with van der Waals surface area (Å²) in [6, 6.07) is 25.4. The number of hydrogen-bond donors (Lipinski definition) is 1. The van der Waals surface area contributed by atoms with Gasteiger partial charge < -0.3 is 5.32 Å². The van der Waals surface area contributed by atoms with Crippen LogP contribution in [-0.4, -0.2) is 11.7 Å². The third-order valence-electron chi connectivity index (χ3n) is 4.39. The quantitative estimate of drug-likeness (QED) is 0.510. The third kappa shape index (κ3) is 4.92. The second kappa shape index (κ2) is 8.78. The second-order valence-electron chi connectivity index (χ2n) is 6.37. The van der Waals surface area contributed by atoms with E-state index in [1.165, 1.54) is 6.92 Å². The van der Waals surface area contributed by atoms with Crippen LogP contribution in [0, 0.1) is 0 Å². The van der Waals surface area contributed by atoms with Crippen molar-refractivity contribution in [3.05, 3.63) is 100 Å². The number of hydrogen-bond acceptors (Lipinski definition) is 2. The van der Waals surface area contributed by atoms with E-state index in [-0.39, 0.29) is 17.6 Å². The van der Waals surface area contributed by atoms with Crippen LogP contribution in [0.5, 0.6) is 0 Å². The standard InChI is InChI=1S/C23H20BrNO2/c1-16(26)25-22-13-12-19(24)14-21(22)23(27)15-20(17-8-4-2-5-9-17)18-10-6-3-7-11-18/h2-14,20H,15H2,1H3,(H,25,26). The minimum atomic E-state index is -0.200. The van der Waals surface area contributed by atoms with E-state index in [0.717, 1.165) is 15.6 Å². The first-order valence-corrected chi connectivity index (χ1v) is 9.54. The van der Waals surface area contributed by atoms with Crippen molar-refractivity contribution in [2.75, 3.05) is 5.32 Å². The number of benzene rings is 3. The van der Waals surface area contributed by atoms with Gasteiger partial charge in [0.25, 0.3) is 0 Å². The Bertz CT molecular complexity index is 900. The third-order valence-corrected chi connectivity index (χ3v) is 4.88. The Morgan fingerprint density at radius 2 is 1.44 bits per heavy atom. The molecule has 0 aliphatic rings. The summed E-state index contributed by atoms with van der Waals surface area (Å²) >= 11 is 3.42. The molecule has 0 heterocycles. The summed E-state index contributed by atoms with van der Waals surface area (Å²) in [6.07, 6.45) is 0.317. The Balaban J connectivity index is 1.96. The van der Waals surface area contributed by atoms with E-state index in [4.69, 9.17) is 0 Å². The first-order chi connectivity index (χ1) is 13.0. The average molecular weight is 422 g/mol. The summed E-state index contributed by atoms with van der Waals surface area (Å²) in [4.78, 5) is 24.7. The summed E-state index contributed by atoms with van der Waals surface area (Å²) in [7, 11) is 0. The van der Waals surface area contributed by atoms with Gasteiger partial charge in [0.1, 0.15) is 0 Å². The highest BCUT2D eigenvalue weighted by atomic mass is 79.9. The van der Waals surface area contributed by atoms with Crippen LogP contribution in [0.15, 0.2) is 83.3 Å². The molecule has 4 heteroatoms. The number of carbonyl (C=O) groups excluding carboxylic acids is 2. The van der Waals surface area contributed by atoms with Crippen LogP contribution in [0.2, 0.25) is 0 Å². The van der Waals surface area contributed by atoms with Gasteiger partial charge in [0.2, 0.25) is 5.91 Å². The number of anilines is 1. The smallest absolute Gasteiger partial charge is 0.221 e. The molecule has 3 nitrogen and oxygen atoms in total. The maximum absolute atomic E-state index is 13.2. The van der Waals surface area contributed by atoms with Crippen molar-refractivity contribution < 1.29 is 9.59 Å². The summed E-state index contributed by atoms with van der Waals surface area (Å²) < 4.78 is 0.802. The van der Waals surface area contributed by atoms with Gasteiger partial charge in [-0.15, -0.1) is 0 Å². The van der Waals surface area contributed by atoms with Gasteiger partial charge >= 0.3 is 0 Å². The molecular formula is C23H20BrNO2. The largest absolute Gasteiger partial charge is 0.326 e. The highest BCUT2D eigenvalue weighted by Crippen LogP contribution is 2.31. The van der Waals surface area contributed by atoms with Gasteiger partial charge in [-0.1, -0.05) is 76.6 Å². The summed E-state index contributed by atoms with van der Waals surface area (Å²) in [5.41, 5.74) is 3.23. The van der Waals surface area contributed by atoms with Crippen molar-refractivity contribution in [2.24, 2.45) is 0 Å². The molecule has 0 spiro atoms. The van der Waals surface area contributed by atoms with E-state index in [9.17, 15) is 9.59 Å². The van der Waals surface area contributed by atoms with Crippen LogP contribution in [0.4, 0.5) is 5.69 Å². The predicted molar refractivity (Wildman–Crippen MR) is 112 cm³/mol. The zero-order chi connectivity index (χ0) is 19.2. The summed E-state index contributed by atoms with van der Waals surface area (Å²) in [5, 5.41) is 2.75. The topological polar surface area (TPSA) is 46.2 Å². The highest BCUT2D eigenvalue weighted by Gasteiger charge is 2.21. The Morgan fingerprint density at radius 1 is 0.889 bits per heavy atom. The van der Waals surface area contributed by atoms with Crippen LogP contribution >= 0.6 is 15.9 Å². The highest BCUT2D eigenvalue weighted by molar-refractivity contribution is 9.10. The maximum Gasteiger partial charge on any atom is 0.221 e. The molecule has 0 radical (unpaired) electrons. The normalized spacial score (nSPS) is 10.6. The van der Waals surface area contributed by atoms with Gasteiger partial charge in [-0.2, -0.15) is 0 Å². The molecule has 0 aliphatic carbocycles. The monoisotopic (exact) mass is 421 g/mol. The molecule has 1 N–H and O–H groups in total. The molecule has 0 saturated carbocycles. The average Bonchev–Trinajstić information content (AvgIpc) is 2.68. The number of Topliss-reactive ketones (excluding diaryl/α,β-unsaturated/α-hetero) is 1. The fourth-order valence-corrected chi connectivity index (χ4v) is 3.50. The molecule has 0 fully saturated rings. The molecule has 0 bridgehead atoms. The van der Waals surface area contributed by atoms with Crippen molar-refractivity contribution in [1.82, 2.24) is 0 Å². The molecule has 1 amide bonds. The zero-order valence-corrected chi connectivity index (χ0v) is 16.6. The van der Waals surface area contributed by atoms with E-state index in [2.05, 4.69) is 21.2 Å². The summed E-state index contributed by atoms with van der Waals surface area (Å²) in [5.74, 6) is -0.268. The lowest BCUT2D eigenvalue weighted by Gasteiger charge is -2.18. The first-order valence-electron chi connectivity index (χ1n) is 8.75. The SMILES string of the molecule is CC(=O)Nc1ccc(Br)cc1C(=O)CC(c1ccccc1)c1ccccc1. The van der Waals surface area contributed by atoms with E-state index in [1.54, 1.807) is 12.1 Å². The number of amides is 1. The zero-order valence-electron chi connectivity index (χ0n) is 15.0. The predicted octanol–water partition coefficient (Wildman–Crippen LogP) is 5.81.